The van der Waals surface area contributed by atoms with Crippen molar-refractivity contribution in [2.75, 3.05) is 32.1 Å². The van der Waals surface area contributed by atoms with Crippen LogP contribution in [0, 0.1) is 0 Å². The minimum absolute atomic E-state index is 0.333. The van der Waals surface area contributed by atoms with E-state index in [2.05, 4.69) is 39.8 Å². The normalized spacial score (nSPS) is 19.2. The Balaban J connectivity index is 2.27. The number of rotatable bonds is 4. The molecule has 5 heteroatoms. The van der Waals surface area contributed by atoms with E-state index < -0.39 is 5.97 Å². The zero-order valence-electron chi connectivity index (χ0n) is 11.3. The molecule has 1 atom stereocenters. The fraction of sp³-hybridized carbons (Fsp3) is 0.500. The largest absolute Gasteiger partial charge is 0.478 e. The number of anilines is 1. The summed E-state index contributed by atoms with van der Waals surface area (Å²) in [6.45, 7) is 1.99. The maximum absolute atomic E-state index is 11.1. The van der Waals surface area contributed by atoms with E-state index in [1.54, 1.807) is 12.1 Å². The highest BCUT2D eigenvalue weighted by Crippen LogP contribution is 2.29. The molecule has 0 aliphatic carbocycles. The minimum Gasteiger partial charge on any atom is -0.478 e. The summed E-state index contributed by atoms with van der Waals surface area (Å²) in [6, 6.07) is 5.87. The Morgan fingerprint density at radius 2 is 2.21 bits per heavy atom. The van der Waals surface area contributed by atoms with Crippen LogP contribution in [0.25, 0.3) is 0 Å². The van der Waals surface area contributed by atoms with Gasteiger partial charge in [-0.15, -0.1) is 0 Å². The standard InChI is InChI=1S/C14H19BrN2O2/c1-16(2)9-12-4-3-5-17(12)13-7-10(14(18)19)6-11(15)8-13/h6-8,12H,3-5,9H2,1-2H3,(H,18,19). The zero-order chi connectivity index (χ0) is 14.0. The molecule has 0 bridgehead atoms. The number of halogens is 1. The summed E-state index contributed by atoms with van der Waals surface area (Å²) >= 11 is 3.40. The number of benzene rings is 1. The molecule has 1 heterocycles. The molecule has 0 saturated carbocycles. The molecular formula is C14H19BrN2O2. The van der Waals surface area contributed by atoms with E-state index in [9.17, 15) is 4.79 Å². The highest BCUT2D eigenvalue weighted by atomic mass is 79.9. The van der Waals surface area contributed by atoms with Gasteiger partial charge in [0.25, 0.3) is 0 Å². The summed E-state index contributed by atoms with van der Waals surface area (Å²) < 4.78 is 0.818. The second-order valence-corrected chi connectivity index (χ2v) is 6.17. The van der Waals surface area contributed by atoms with E-state index in [0.29, 0.717) is 11.6 Å². The lowest BCUT2D eigenvalue weighted by atomic mass is 10.1. The maximum atomic E-state index is 11.1. The minimum atomic E-state index is -0.883. The Morgan fingerprint density at radius 1 is 1.47 bits per heavy atom. The second-order valence-electron chi connectivity index (χ2n) is 5.25. The first-order chi connectivity index (χ1) is 8.97. The second kappa shape index (κ2) is 5.92. The zero-order valence-corrected chi connectivity index (χ0v) is 12.9. The van der Waals surface area contributed by atoms with Gasteiger partial charge in [-0.05, 0) is 45.1 Å². The van der Waals surface area contributed by atoms with E-state index in [-0.39, 0.29) is 0 Å². The maximum Gasteiger partial charge on any atom is 0.335 e. The molecule has 1 aromatic carbocycles. The van der Waals surface area contributed by atoms with E-state index in [4.69, 9.17) is 5.11 Å². The fourth-order valence-electron chi connectivity index (χ4n) is 2.65. The monoisotopic (exact) mass is 326 g/mol. The van der Waals surface area contributed by atoms with Gasteiger partial charge in [0.05, 0.1) is 5.56 Å². The summed E-state index contributed by atoms with van der Waals surface area (Å²) in [5.41, 5.74) is 1.33. The Bertz CT molecular complexity index is 477. The van der Waals surface area contributed by atoms with Crippen LogP contribution >= 0.6 is 15.9 Å². The van der Waals surface area contributed by atoms with Crippen molar-refractivity contribution in [2.45, 2.75) is 18.9 Å². The number of hydrogen-bond donors (Lipinski definition) is 1. The molecule has 2 rings (SSSR count). The molecule has 0 radical (unpaired) electrons. The third kappa shape index (κ3) is 3.48. The summed E-state index contributed by atoms with van der Waals surface area (Å²) in [4.78, 5) is 15.6. The number of hydrogen-bond acceptors (Lipinski definition) is 3. The summed E-state index contributed by atoms with van der Waals surface area (Å²) in [6.07, 6.45) is 2.32. The molecule has 0 amide bonds. The SMILES string of the molecule is CN(C)CC1CCCN1c1cc(Br)cc(C(=O)O)c1. The summed E-state index contributed by atoms with van der Waals surface area (Å²) in [5, 5.41) is 9.14. The van der Waals surface area contributed by atoms with Crippen molar-refractivity contribution in [1.29, 1.82) is 0 Å². The highest BCUT2D eigenvalue weighted by molar-refractivity contribution is 9.10. The lowest BCUT2D eigenvalue weighted by molar-refractivity contribution is 0.0697. The van der Waals surface area contributed by atoms with Gasteiger partial charge >= 0.3 is 5.97 Å². The van der Waals surface area contributed by atoms with Crippen LogP contribution < -0.4 is 4.90 Å². The smallest absolute Gasteiger partial charge is 0.335 e. The molecule has 1 aliphatic rings. The van der Waals surface area contributed by atoms with Crippen LogP contribution in [0.4, 0.5) is 5.69 Å². The number of likely N-dealkylation sites (N-methyl/N-ethyl adjacent to an activating group) is 1. The number of carboxylic acid groups (broad SMARTS) is 1. The number of carbonyl (C=O) groups is 1. The van der Waals surface area contributed by atoms with Gasteiger partial charge in [0.2, 0.25) is 0 Å². The predicted octanol–water partition coefficient (Wildman–Crippen LogP) is 2.68. The van der Waals surface area contributed by atoms with E-state index in [1.165, 1.54) is 0 Å². The first kappa shape index (κ1) is 14.3. The first-order valence-corrected chi connectivity index (χ1v) is 7.22. The number of aromatic carboxylic acids is 1. The fourth-order valence-corrected chi connectivity index (χ4v) is 3.13. The van der Waals surface area contributed by atoms with Gasteiger partial charge in [0, 0.05) is 29.3 Å². The van der Waals surface area contributed by atoms with Gasteiger partial charge < -0.3 is 14.9 Å². The van der Waals surface area contributed by atoms with Gasteiger partial charge in [-0.2, -0.15) is 0 Å². The molecule has 1 saturated heterocycles. The van der Waals surface area contributed by atoms with Gasteiger partial charge in [0.15, 0.2) is 0 Å². The molecule has 1 aliphatic heterocycles. The molecule has 1 aromatic rings. The van der Waals surface area contributed by atoms with Crippen molar-refractivity contribution in [2.24, 2.45) is 0 Å². The molecule has 1 fully saturated rings. The summed E-state index contributed by atoms with van der Waals surface area (Å²) in [7, 11) is 4.14. The van der Waals surface area contributed by atoms with Crippen molar-refractivity contribution in [3.05, 3.63) is 28.2 Å². The lowest BCUT2D eigenvalue weighted by Gasteiger charge is -2.29. The molecule has 104 valence electrons. The van der Waals surface area contributed by atoms with Crippen LogP contribution in [0.1, 0.15) is 23.2 Å². The molecule has 0 aromatic heterocycles. The third-order valence-electron chi connectivity index (χ3n) is 3.41. The molecule has 1 unspecified atom stereocenters. The lowest BCUT2D eigenvalue weighted by Crippen LogP contribution is -2.37. The van der Waals surface area contributed by atoms with Crippen molar-refractivity contribution >= 4 is 27.6 Å². The molecular weight excluding hydrogens is 308 g/mol. The van der Waals surface area contributed by atoms with Crippen LogP contribution in [-0.4, -0.2) is 49.2 Å². The molecule has 19 heavy (non-hydrogen) atoms. The first-order valence-electron chi connectivity index (χ1n) is 6.42. The van der Waals surface area contributed by atoms with Gasteiger partial charge in [-0.3, -0.25) is 0 Å². The number of nitrogens with zero attached hydrogens (tertiary/aromatic N) is 2. The van der Waals surface area contributed by atoms with Crippen LogP contribution in [0.3, 0.4) is 0 Å². The average Bonchev–Trinajstić information content (AvgIpc) is 2.75. The van der Waals surface area contributed by atoms with E-state index in [0.717, 1.165) is 36.1 Å². The molecule has 1 N–H and O–H groups in total. The third-order valence-corrected chi connectivity index (χ3v) is 3.87. The van der Waals surface area contributed by atoms with Crippen LogP contribution in [0.15, 0.2) is 22.7 Å². The van der Waals surface area contributed by atoms with Crippen LogP contribution in [0.2, 0.25) is 0 Å². The van der Waals surface area contributed by atoms with Crippen LogP contribution in [0.5, 0.6) is 0 Å². The Kier molecular flexibility index (Phi) is 4.47. The summed E-state index contributed by atoms with van der Waals surface area (Å²) in [5.74, 6) is -0.883. The number of carboxylic acids is 1. The molecule has 4 nitrogen and oxygen atoms in total. The van der Waals surface area contributed by atoms with Crippen LogP contribution in [-0.2, 0) is 0 Å². The Morgan fingerprint density at radius 3 is 2.84 bits per heavy atom. The quantitative estimate of drug-likeness (QED) is 0.923. The average molecular weight is 327 g/mol. The molecule has 0 spiro atoms. The van der Waals surface area contributed by atoms with Crippen molar-refractivity contribution in [1.82, 2.24) is 4.90 Å². The van der Waals surface area contributed by atoms with Gasteiger partial charge in [-0.25, -0.2) is 4.79 Å². The Labute approximate surface area is 122 Å². The van der Waals surface area contributed by atoms with E-state index >= 15 is 0 Å². The van der Waals surface area contributed by atoms with Gasteiger partial charge in [0.1, 0.15) is 0 Å². The van der Waals surface area contributed by atoms with Crippen molar-refractivity contribution < 1.29 is 9.90 Å². The topological polar surface area (TPSA) is 43.8 Å². The van der Waals surface area contributed by atoms with Crippen molar-refractivity contribution in [3.63, 3.8) is 0 Å². The van der Waals surface area contributed by atoms with Crippen molar-refractivity contribution in [3.8, 4) is 0 Å². The highest BCUT2D eigenvalue weighted by Gasteiger charge is 2.25. The van der Waals surface area contributed by atoms with E-state index in [1.807, 2.05) is 6.07 Å². The predicted molar refractivity (Wildman–Crippen MR) is 80.0 cm³/mol. The Hall–Kier alpha value is -1.07. The van der Waals surface area contributed by atoms with Gasteiger partial charge in [-0.1, -0.05) is 15.9 Å².